The number of hydrazone groups is 1. The molecule has 1 amide bonds. The summed E-state index contributed by atoms with van der Waals surface area (Å²) in [6, 6.07) is 12.4. The molecule has 1 aliphatic carbocycles. The second-order valence-corrected chi connectivity index (χ2v) is 8.86. The Bertz CT molecular complexity index is 1000. The van der Waals surface area contributed by atoms with Crippen molar-refractivity contribution >= 4 is 27.3 Å². The van der Waals surface area contributed by atoms with Crippen molar-refractivity contribution in [3.8, 4) is 5.75 Å². The van der Waals surface area contributed by atoms with Gasteiger partial charge in [-0.15, -0.1) is 0 Å². The van der Waals surface area contributed by atoms with Crippen LogP contribution in [0.15, 0.2) is 58.5 Å². The van der Waals surface area contributed by atoms with Crippen molar-refractivity contribution in [3.05, 3.63) is 54.1 Å². The zero-order chi connectivity index (χ0) is 20.9. The first-order valence-electron chi connectivity index (χ1n) is 9.50. The Morgan fingerprint density at radius 3 is 2.62 bits per heavy atom. The van der Waals surface area contributed by atoms with Crippen LogP contribution in [-0.2, 0) is 10.0 Å². The highest BCUT2D eigenvalue weighted by molar-refractivity contribution is 7.92. The van der Waals surface area contributed by atoms with Crippen molar-refractivity contribution < 1.29 is 17.9 Å². The fourth-order valence-electron chi connectivity index (χ4n) is 3.23. The molecule has 0 aromatic heterocycles. The molecule has 0 saturated heterocycles. The van der Waals surface area contributed by atoms with Gasteiger partial charge in [0, 0.05) is 17.0 Å². The normalized spacial score (nSPS) is 18.3. The van der Waals surface area contributed by atoms with Gasteiger partial charge in [-0.05, 0) is 74.1 Å². The predicted octanol–water partition coefficient (Wildman–Crippen LogP) is 3.79. The summed E-state index contributed by atoms with van der Waals surface area (Å²) in [6.45, 7) is 2.17. The van der Waals surface area contributed by atoms with Gasteiger partial charge < -0.3 is 4.74 Å². The molecule has 0 heterocycles. The highest BCUT2D eigenvalue weighted by Gasteiger charge is 2.18. The molecular formula is C21H25N3O4S. The van der Waals surface area contributed by atoms with Crippen LogP contribution in [0.1, 0.15) is 43.0 Å². The topological polar surface area (TPSA) is 96.9 Å². The molecular weight excluding hydrogens is 390 g/mol. The molecule has 154 valence electrons. The first-order valence-corrected chi connectivity index (χ1v) is 11.0. The number of ether oxygens (including phenoxy) is 1. The van der Waals surface area contributed by atoms with Gasteiger partial charge in [-0.3, -0.25) is 9.52 Å². The summed E-state index contributed by atoms with van der Waals surface area (Å²) >= 11 is 0. The second kappa shape index (κ2) is 9.09. The van der Waals surface area contributed by atoms with Crippen molar-refractivity contribution in [1.29, 1.82) is 0 Å². The van der Waals surface area contributed by atoms with Crippen LogP contribution < -0.4 is 14.9 Å². The minimum absolute atomic E-state index is 0.0000836. The summed E-state index contributed by atoms with van der Waals surface area (Å²) < 4.78 is 32.9. The van der Waals surface area contributed by atoms with Crippen molar-refractivity contribution in [1.82, 2.24) is 5.43 Å². The van der Waals surface area contributed by atoms with Gasteiger partial charge in [-0.2, -0.15) is 5.10 Å². The van der Waals surface area contributed by atoms with E-state index in [1.165, 1.54) is 31.7 Å². The first kappa shape index (κ1) is 20.9. The Morgan fingerprint density at radius 1 is 1.17 bits per heavy atom. The predicted molar refractivity (Wildman–Crippen MR) is 113 cm³/mol. The maximum absolute atomic E-state index is 12.7. The fraction of sp³-hybridized carbons (Fsp3) is 0.333. The molecule has 0 unspecified atom stereocenters. The third kappa shape index (κ3) is 5.57. The molecule has 1 saturated carbocycles. The van der Waals surface area contributed by atoms with Crippen molar-refractivity contribution in [2.45, 2.75) is 37.5 Å². The molecule has 29 heavy (non-hydrogen) atoms. The molecule has 0 spiro atoms. The van der Waals surface area contributed by atoms with E-state index in [0.717, 1.165) is 25.0 Å². The third-order valence-electron chi connectivity index (χ3n) is 4.81. The van der Waals surface area contributed by atoms with Gasteiger partial charge in [0.1, 0.15) is 5.75 Å². The number of methoxy groups -OCH3 is 1. The highest BCUT2D eigenvalue weighted by atomic mass is 32.2. The Hall–Kier alpha value is -2.87. The number of carbonyl (C=O) groups is 1. The van der Waals surface area contributed by atoms with Crippen molar-refractivity contribution in [2.75, 3.05) is 11.8 Å². The van der Waals surface area contributed by atoms with Crippen LogP contribution in [0.4, 0.5) is 5.69 Å². The average Bonchev–Trinajstić information content (AvgIpc) is 2.72. The molecule has 1 aliphatic rings. The van der Waals surface area contributed by atoms with Crippen molar-refractivity contribution in [3.63, 3.8) is 0 Å². The van der Waals surface area contributed by atoms with Crippen LogP contribution in [0.3, 0.4) is 0 Å². The SMILES string of the molecule is COc1ccc(NS(=O)(=O)c2cccc(C(=O)N/N=C3/CCC[C@@H](C)C3)c2)cc1. The lowest BCUT2D eigenvalue weighted by Crippen LogP contribution is -2.22. The number of rotatable bonds is 6. The molecule has 0 bridgehead atoms. The van der Waals surface area contributed by atoms with E-state index in [4.69, 9.17) is 4.74 Å². The molecule has 7 nitrogen and oxygen atoms in total. The molecule has 0 aliphatic heterocycles. The molecule has 2 N–H and O–H groups in total. The van der Waals surface area contributed by atoms with E-state index in [1.54, 1.807) is 30.3 Å². The smallest absolute Gasteiger partial charge is 0.271 e. The molecule has 3 rings (SSSR count). The van der Waals surface area contributed by atoms with Gasteiger partial charge >= 0.3 is 0 Å². The largest absolute Gasteiger partial charge is 0.497 e. The third-order valence-corrected chi connectivity index (χ3v) is 6.19. The monoisotopic (exact) mass is 415 g/mol. The molecule has 1 atom stereocenters. The summed E-state index contributed by atoms with van der Waals surface area (Å²) in [5.74, 6) is 0.759. The van der Waals surface area contributed by atoms with Crippen LogP contribution >= 0.6 is 0 Å². The van der Waals surface area contributed by atoms with Crippen LogP contribution in [-0.4, -0.2) is 27.1 Å². The standard InChI is InChI=1S/C21H25N3O4S/c1-15-5-3-7-18(13-15)22-23-21(25)16-6-4-8-20(14-16)29(26,27)24-17-9-11-19(28-2)12-10-17/h4,6,8-12,14-15,24H,3,5,7,13H2,1-2H3,(H,23,25)/b22-18-/t15-/m1/s1. The fourth-order valence-corrected chi connectivity index (χ4v) is 4.34. The summed E-state index contributed by atoms with van der Waals surface area (Å²) in [5, 5.41) is 4.23. The quantitative estimate of drug-likeness (QED) is 0.702. The van der Waals surface area contributed by atoms with E-state index in [2.05, 4.69) is 22.2 Å². The molecule has 2 aromatic rings. The summed E-state index contributed by atoms with van der Waals surface area (Å²) in [4.78, 5) is 12.4. The lowest BCUT2D eigenvalue weighted by atomic mass is 9.89. The zero-order valence-corrected chi connectivity index (χ0v) is 17.3. The Kier molecular flexibility index (Phi) is 6.53. The number of amides is 1. The summed E-state index contributed by atoms with van der Waals surface area (Å²) in [7, 11) is -2.30. The number of hydrogen-bond donors (Lipinski definition) is 2. The van der Waals surface area contributed by atoms with E-state index >= 15 is 0 Å². The molecule has 0 radical (unpaired) electrons. The number of nitrogens with one attached hydrogen (secondary N) is 2. The van der Waals surface area contributed by atoms with E-state index in [1.807, 2.05) is 0 Å². The number of anilines is 1. The number of sulfonamides is 1. The highest BCUT2D eigenvalue weighted by Crippen LogP contribution is 2.22. The number of carbonyl (C=O) groups excluding carboxylic acids is 1. The summed E-state index contributed by atoms with van der Waals surface area (Å²) in [5.41, 5.74) is 4.16. The average molecular weight is 416 g/mol. The van der Waals surface area contributed by atoms with Crippen LogP contribution in [0.2, 0.25) is 0 Å². The van der Waals surface area contributed by atoms with E-state index in [9.17, 15) is 13.2 Å². The Morgan fingerprint density at radius 2 is 1.93 bits per heavy atom. The lowest BCUT2D eigenvalue weighted by Gasteiger charge is -2.18. The minimum Gasteiger partial charge on any atom is -0.497 e. The zero-order valence-electron chi connectivity index (χ0n) is 16.5. The number of benzene rings is 2. The van der Waals surface area contributed by atoms with Gasteiger partial charge in [-0.1, -0.05) is 13.0 Å². The van der Waals surface area contributed by atoms with Gasteiger partial charge in [0.05, 0.1) is 12.0 Å². The number of nitrogens with zero attached hydrogens (tertiary/aromatic N) is 1. The number of hydrogen-bond acceptors (Lipinski definition) is 5. The minimum atomic E-state index is -3.84. The van der Waals surface area contributed by atoms with E-state index in [-0.39, 0.29) is 10.5 Å². The summed E-state index contributed by atoms with van der Waals surface area (Å²) in [6.07, 6.45) is 4.00. The maximum atomic E-state index is 12.7. The second-order valence-electron chi connectivity index (χ2n) is 7.18. The Balaban J connectivity index is 1.71. The first-order chi connectivity index (χ1) is 13.9. The van der Waals surface area contributed by atoms with E-state index in [0.29, 0.717) is 17.4 Å². The van der Waals surface area contributed by atoms with Crippen LogP contribution in [0.25, 0.3) is 0 Å². The molecule has 8 heteroatoms. The van der Waals surface area contributed by atoms with Crippen molar-refractivity contribution in [2.24, 2.45) is 11.0 Å². The Labute approximate surface area is 171 Å². The maximum Gasteiger partial charge on any atom is 0.271 e. The van der Waals surface area contributed by atoms with Gasteiger partial charge in [0.2, 0.25) is 0 Å². The van der Waals surface area contributed by atoms with Crippen LogP contribution in [0, 0.1) is 5.92 Å². The van der Waals surface area contributed by atoms with Gasteiger partial charge in [0.15, 0.2) is 0 Å². The lowest BCUT2D eigenvalue weighted by molar-refractivity contribution is 0.0954. The van der Waals surface area contributed by atoms with E-state index < -0.39 is 15.9 Å². The van der Waals surface area contributed by atoms with Gasteiger partial charge in [0.25, 0.3) is 15.9 Å². The van der Waals surface area contributed by atoms with Crippen LogP contribution in [0.5, 0.6) is 5.75 Å². The molecule has 1 fully saturated rings. The molecule has 2 aromatic carbocycles. The van der Waals surface area contributed by atoms with Gasteiger partial charge in [-0.25, -0.2) is 13.8 Å².